The molecule has 0 unspecified atom stereocenters. The zero-order chi connectivity index (χ0) is 24.1. The summed E-state index contributed by atoms with van der Waals surface area (Å²) in [7, 11) is 3.15. The molecule has 0 aliphatic heterocycles. The van der Waals surface area contributed by atoms with Crippen molar-refractivity contribution in [3.8, 4) is 17.2 Å². The number of nitrogens with zero attached hydrogens (tertiary/aromatic N) is 1. The Bertz CT molecular complexity index is 947. The molecule has 0 radical (unpaired) electrons. The maximum Gasteiger partial charge on any atom is 0.240 e. The summed E-state index contributed by atoms with van der Waals surface area (Å²) >= 11 is 0. The van der Waals surface area contributed by atoms with Crippen LogP contribution in [0.25, 0.3) is 0 Å². The largest absolute Gasteiger partial charge is 0.507 e. The van der Waals surface area contributed by atoms with Crippen molar-refractivity contribution in [1.82, 2.24) is 5.43 Å². The summed E-state index contributed by atoms with van der Waals surface area (Å²) in [6.07, 6.45) is 2.42. The van der Waals surface area contributed by atoms with E-state index in [1.54, 1.807) is 32.6 Å². The van der Waals surface area contributed by atoms with E-state index in [9.17, 15) is 9.90 Å². The maximum absolute atomic E-state index is 12.3. The van der Waals surface area contributed by atoms with Crippen LogP contribution in [0.1, 0.15) is 70.2 Å². The van der Waals surface area contributed by atoms with Gasteiger partial charge in [-0.3, -0.25) is 4.79 Å². The van der Waals surface area contributed by atoms with Gasteiger partial charge in [0.05, 0.1) is 20.4 Å². The molecule has 2 aromatic carbocycles. The van der Waals surface area contributed by atoms with Crippen molar-refractivity contribution in [3.05, 3.63) is 52.6 Å². The second kappa shape index (κ2) is 10.1. The first-order valence-electron chi connectivity index (χ1n) is 10.8. The first kappa shape index (κ1) is 25.2. The summed E-state index contributed by atoms with van der Waals surface area (Å²) in [4.78, 5) is 12.3. The van der Waals surface area contributed by atoms with E-state index in [1.165, 1.54) is 0 Å². The van der Waals surface area contributed by atoms with Gasteiger partial charge in [-0.1, -0.05) is 53.7 Å². The number of hydrogen-bond acceptors (Lipinski definition) is 5. The van der Waals surface area contributed by atoms with Gasteiger partial charge < -0.3 is 14.6 Å². The minimum absolute atomic E-state index is 0.176. The number of aromatic hydroxyl groups is 1. The van der Waals surface area contributed by atoms with Crippen LogP contribution in [0.2, 0.25) is 0 Å². The Balaban J connectivity index is 2.09. The normalized spacial score (nSPS) is 12.1. The van der Waals surface area contributed by atoms with Crippen molar-refractivity contribution in [2.24, 2.45) is 5.10 Å². The molecule has 0 saturated heterocycles. The van der Waals surface area contributed by atoms with Crippen molar-refractivity contribution in [1.29, 1.82) is 0 Å². The number of rotatable bonds is 7. The number of nitrogens with one attached hydrogen (secondary N) is 1. The van der Waals surface area contributed by atoms with Gasteiger partial charge >= 0.3 is 0 Å². The predicted octanol–water partition coefficient (Wildman–Crippen LogP) is 5.09. The van der Waals surface area contributed by atoms with Crippen LogP contribution in [0.4, 0.5) is 0 Å². The average Bonchev–Trinajstić information content (AvgIpc) is 2.71. The summed E-state index contributed by atoms with van der Waals surface area (Å²) < 4.78 is 10.5. The lowest BCUT2D eigenvalue weighted by Crippen LogP contribution is -2.20. The number of methoxy groups -OCH3 is 2. The summed E-state index contributed by atoms with van der Waals surface area (Å²) in [6.45, 7) is 12.5. The first-order chi connectivity index (χ1) is 14.9. The number of ether oxygens (including phenoxy) is 2. The zero-order valence-electron chi connectivity index (χ0n) is 20.5. The molecule has 0 saturated carbocycles. The Kier molecular flexibility index (Phi) is 7.94. The van der Waals surface area contributed by atoms with E-state index in [0.717, 1.165) is 22.3 Å². The summed E-state index contributed by atoms with van der Waals surface area (Å²) in [5.74, 6) is 1.40. The van der Waals surface area contributed by atoms with Crippen molar-refractivity contribution in [2.45, 2.75) is 65.2 Å². The molecule has 2 aromatic rings. The third-order valence-corrected chi connectivity index (χ3v) is 5.24. The van der Waals surface area contributed by atoms with E-state index in [1.807, 2.05) is 18.2 Å². The van der Waals surface area contributed by atoms with E-state index in [0.29, 0.717) is 30.1 Å². The van der Waals surface area contributed by atoms with E-state index >= 15 is 0 Å². The second-order valence-corrected chi connectivity index (χ2v) is 9.95. The summed E-state index contributed by atoms with van der Waals surface area (Å²) in [5.41, 5.74) is 5.77. The van der Waals surface area contributed by atoms with Crippen LogP contribution in [-0.4, -0.2) is 31.4 Å². The second-order valence-electron chi connectivity index (χ2n) is 9.95. The number of carbonyl (C=O) groups is 1. The average molecular weight is 441 g/mol. The minimum atomic E-state index is -0.202. The van der Waals surface area contributed by atoms with Crippen molar-refractivity contribution >= 4 is 12.1 Å². The molecule has 0 aliphatic rings. The minimum Gasteiger partial charge on any atom is -0.507 e. The Morgan fingerprint density at radius 1 is 0.969 bits per heavy atom. The smallest absolute Gasteiger partial charge is 0.240 e. The van der Waals surface area contributed by atoms with E-state index < -0.39 is 0 Å². The fraction of sp³-hybridized carbons (Fsp3) is 0.462. The molecule has 1 amide bonds. The summed E-state index contributed by atoms with van der Waals surface area (Å²) in [6, 6.07) is 9.41. The monoisotopic (exact) mass is 440 g/mol. The van der Waals surface area contributed by atoms with Gasteiger partial charge in [0.2, 0.25) is 5.91 Å². The van der Waals surface area contributed by atoms with Crippen molar-refractivity contribution in [3.63, 3.8) is 0 Å². The van der Waals surface area contributed by atoms with Gasteiger partial charge in [0.25, 0.3) is 0 Å². The van der Waals surface area contributed by atoms with Gasteiger partial charge in [0.1, 0.15) is 5.75 Å². The molecule has 2 N–H and O–H groups in total. The molecule has 0 bridgehead atoms. The standard InChI is InChI=1S/C26H36N2O4/c1-25(2,3)19-13-17(14-20(24(19)30)26(4,5)6)10-12-23(29)28-27-16-18-9-11-21(31-7)22(15-18)32-8/h9,11,13-16,30H,10,12H2,1-8H3,(H,28,29)/b27-16-. The predicted molar refractivity (Wildman–Crippen MR) is 129 cm³/mol. The quantitative estimate of drug-likeness (QED) is 0.464. The molecular weight excluding hydrogens is 404 g/mol. The molecule has 6 heteroatoms. The van der Waals surface area contributed by atoms with Crippen LogP contribution in [-0.2, 0) is 22.0 Å². The van der Waals surface area contributed by atoms with Gasteiger partial charge in [-0.25, -0.2) is 5.43 Å². The van der Waals surface area contributed by atoms with Crippen LogP contribution in [0.5, 0.6) is 17.2 Å². The molecule has 32 heavy (non-hydrogen) atoms. The van der Waals surface area contributed by atoms with Crippen molar-refractivity contribution in [2.75, 3.05) is 14.2 Å². The molecular formula is C26H36N2O4. The Morgan fingerprint density at radius 2 is 1.53 bits per heavy atom. The van der Waals surface area contributed by atoms with Gasteiger partial charge in [0.15, 0.2) is 11.5 Å². The summed E-state index contributed by atoms with van der Waals surface area (Å²) in [5, 5.41) is 14.9. The van der Waals surface area contributed by atoms with E-state index in [-0.39, 0.29) is 16.7 Å². The topological polar surface area (TPSA) is 80.2 Å². The zero-order valence-corrected chi connectivity index (χ0v) is 20.5. The fourth-order valence-corrected chi connectivity index (χ4v) is 3.41. The number of amides is 1. The van der Waals surface area contributed by atoms with Crippen LogP contribution >= 0.6 is 0 Å². The number of phenolic OH excluding ortho intramolecular Hbond substituents is 1. The van der Waals surface area contributed by atoms with Gasteiger partial charge in [-0.05, 0) is 57.7 Å². The third kappa shape index (κ3) is 6.49. The SMILES string of the molecule is COc1ccc(/C=N\NC(=O)CCc2cc(C(C)(C)C)c(O)c(C(C)(C)C)c2)cc1OC. The molecule has 0 fully saturated rings. The van der Waals surface area contributed by atoms with E-state index in [2.05, 4.69) is 52.1 Å². The lowest BCUT2D eigenvalue weighted by Gasteiger charge is -2.28. The lowest BCUT2D eigenvalue weighted by atomic mass is 9.78. The van der Waals surface area contributed by atoms with Crippen LogP contribution < -0.4 is 14.9 Å². The Morgan fingerprint density at radius 3 is 2.03 bits per heavy atom. The lowest BCUT2D eigenvalue weighted by molar-refractivity contribution is -0.121. The highest BCUT2D eigenvalue weighted by Crippen LogP contribution is 2.40. The fourth-order valence-electron chi connectivity index (χ4n) is 3.41. The maximum atomic E-state index is 12.3. The number of aryl methyl sites for hydroxylation is 1. The number of hydrazone groups is 1. The molecule has 174 valence electrons. The molecule has 2 rings (SSSR count). The number of hydrogen-bond donors (Lipinski definition) is 2. The molecule has 0 aromatic heterocycles. The molecule has 0 atom stereocenters. The first-order valence-corrected chi connectivity index (χ1v) is 10.8. The van der Waals surface area contributed by atoms with Crippen LogP contribution in [0, 0.1) is 0 Å². The number of carbonyl (C=O) groups excluding carboxylic acids is 1. The molecule has 0 spiro atoms. The Hall–Kier alpha value is -3.02. The van der Waals surface area contributed by atoms with Gasteiger partial charge in [-0.2, -0.15) is 5.10 Å². The van der Waals surface area contributed by atoms with Crippen LogP contribution in [0.3, 0.4) is 0 Å². The highest BCUT2D eigenvalue weighted by molar-refractivity contribution is 5.83. The van der Waals surface area contributed by atoms with Crippen LogP contribution in [0.15, 0.2) is 35.4 Å². The van der Waals surface area contributed by atoms with Gasteiger partial charge in [0, 0.05) is 6.42 Å². The molecule has 0 heterocycles. The number of benzene rings is 2. The molecule has 0 aliphatic carbocycles. The third-order valence-electron chi connectivity index (χ3n) is 5.24. The van der Waals surface area contributed by atoms with E-state index in [4.69, 9.17) is 9.47 Å². The highest BCUT2D eigenvalue weighted by atomic mass is 16.5. The van der Waals surface area contributed by atoms with Crippen molar-refractivity contribution < 1.29 is 19.4 Å². The van der Waals surface area contributed by atoms with Gasteiger partial charge in [-0.15, -0.1) is 0 Å². The highest BCUT2D eigenvalue weighted by Gasteiger charge is 2.26. The number of phenols is 1. The Labute approximate surface area is 191 Å². The molecule has 6 nitrogen and oxygen atoms in total.